The van der Waals surface area contributed by atoms with E-state index in [2.05, 4.69) is 10.6 Å². The lowest BCUT2D eigenvalue weighted by atomic mass is 10.2. The summed E-state index contributed by atoms with van der Waals surface area (Å²) < 4.78 is 11.3. The van der Waals surface area contributed by atoms with E-state index in [1.54, 1.807) is 19.2 Å². The van der Waals surface area contributed by atoms with Crippen LogP contribution in [0.15, 0.2) is 36.4 Å². The first-order valence-electron chi connectivity index (χ1n) is 8.90. The van der Waals surface area contributed by atoms with Gasteiger partial charge in [0.2, 0.25) is 0 Å². The van der Waals surface area contributed by atoms with E-state index in [1.165, 1.54) is 0 Å². The van der Waals surface area contributed by atoms with Crippen molar-refractivity contribution in [3.63, 3.8) is 0 Å². The number of benzene rings is 2. The van der Waals surface area contributed by atoms with Gasteiger partial charge in [0.1, 0.15) is 6.61 Å². The fourth-order valence-corrected chi connectivity index (χ4v) is 2.83. The third-order valence-corrected chi connectivity index (χ3v) is 4.67. The van der Waals surface area contributed by atoms with Crippen LogP contribution in [0.4, 0.5) is 0 Å². The van der Waals surface area contributed by atoms with Crippen LogP contribution in [-0.2, 0) is 13.2 Å². The zero-order valence-corrected chi connectivity index (χ0v) is 19.4. The molecule has 0 saturated heterocycles. The average molecular weight is 486 g/mol. The van der Waals surface area contributed by atoms with Crippen molar-refractivity contribution in [2.75, 3.05) is 33.4 Å². The lowest BCUT2D eigenvalue weighted by molar-refractivity contribution is 0.284. The minimum absolute atomic E-state index is 0. The Kier molecular flexibility index (Phi) is 15.4. The molecule has 0 atom stereocenters. The van der Waals surface area contributed by atoms with Gasteiger partial charge in [-0.15, -0.1) is 24.8 Å². The van der Waals surface area contributed by atoms with Crippen molar-refractivity contribution in [1.82, 2.24) is 10.6 Å². The van der Waals surface area contributed by atoms with Crippen molar-refractivity contribution < 1.29 is 14.6 Å². The lowest BCUT2D eigenvalue weighted by Crippen LogP contribution is -2.23. The molecule has 0 fully saturated rings. The van der Waals surface area contributed by atoms with Gasteiger partial charge in [-0.3, -0.25) is 0 Å². The summed E-state index contributed by atoms with van der Waals surface area (Å²) in [6.45, 7) is 3.73. The maximum Gasteiger partial charge on any atom is 0.161 e. The molecule has 2 aromatic carbocycles. The van der Waals surface area contributed by atoms with Crippen molar-refractivity contribution >= 4 is 48.0 Å². The first-order valence-corrected chi connectivity index (χ1v) is 9.65. The van der Waals surface area contributed by atoms with Gasteiger partial charge >= 0.3 is 0 Å². The summed E-state index contributed by atoms with van der Waals surface area (Å²) in [6.07, 6.45) is 1.00. The van der Waals surface area contributed by atoms with Gasteiger partial charge in [-0.05, 0) is 54.9 Å². The molecule has 164 valence electrons. The Hall–Kier alpha value is -0.920. The van der Waals surface area contributed by atoms with E-state index in [9.17, 15) is 0 Å². The van der Waals surface area contributed by atoms with Crippen molar-refractivity contribution in [2.24, 2.45) is 0 Å². The fourth-order valence-electron chi connectivity index (χ4n) is 2.51. The first kappa shape index (κ1) is 28.1. The molecule has 0 aliphatic carbocycles. The van der Waals surface area contributed by atoms with Crippen LogP contribution in [0.5, 0.6) is 11.5 Å². The van der Waals surface area contributed by atoms with Gasteiger partial charge in [0.05, 0.1) is 23.8 Å². The zero-order valence-electron chi connectivity index (χ0n) is 16.2. The van der Waals surface area contributed by atoms with Crippen molar-refractivity contribution in [3.8, 4) is 11.5 Å². The average Bonchev–Trinajstić information content (AvgIpc) is 2.68. The second-order valence-electron chi connectivity index (χ2n) is 6.03. The number of ether oxygens (including phenoxy) is 2. The summed E-state index contributed by atoms with van der Waals surface area (Å²) >= 11 is 12.0. The monoisotopic (exact) mass is 484 g/mol. The highest BCUT2D eigenvalue weighted by molar-refractivity contribution is 6.42. The van der Waals surface area contributed by atoms with E-state index in [4.69, 9.17) is 37.8 Å². The van der Waals surface area contributed by atoms with Crippen LogP contribution in [0, 0.1) is 0 Å². The largest absolute Gasteiger partial charge is 0.493 e. The molecule has 0 amide bonds. The molecule has 2 rings (SSSR count). The van der Waals surface area contributed by atoms with Crippen molar-refractivity contribution in [3.05, 3.63) is 57.6 Å². The highest BCUT2D eigenvalue weighted by atomic mass is 35.5. The molecule has 0 aliphatic rings. The number of nitrogens with one attached hydrogen (secondary N) is 2. The SMILES string of the molecule is COc1cc(CNCCCNCCO)ccc1OCc1ccc(Cl)c(Cl)c1.Cl.Cl. The van der Waals surface area contributed by atoms with Gasteiger partial charge in [0, 0.05) is 13.1 Å². The Bertz CT molecular complexity index is 720. The number of hydrogen-bond donors (Lipinski definition) is 3. The molecule has 0 spiro atoms. The number of aliphatic hydroxyl groups is 1. The van der Waals surface area contributed by atoms with E-state index in [1.807, 2.05) is 24.3 Å². The van der Waals surface area contributed by atoms with Gasteiger partial charge in [0.25, 0.3) is 0 Å². The van der Waals surface area contributed by atoms with E-state index in [-0.39, 0.29) is 31.4 Å². The Morgan fingerprint density at radius 1 is 0.862 bits per heavy atom. The Balaban J connectivity index is 0.00000392. The van der Waals surface area contributed by atoms with Gasteiger partial charge in [-0.2, -0.15) is 0 Å². The molecule has 3 N–H and O–H groups in total. The summed E-state index contributed by atoms with van der Waals surface area (Å²) in [6, 6.07) is 11.3. The molecule has 0 aromatic heterocycles. The second-order valence-corrected chi connectivity index (χ2v) is 6.84. The summed E-state index contributed by atoms with van der Waals surface area (Å²) in [4.78, 5) is 0. The summed E-state index contributed by atoms with van der Waals surface area (Å²) in [5.74, 6) is 1.37. The first-order chi connectivity index (χ1) is 13.1. The topological polar surface area (TPSA) is 62.8 Å². The van der Waals surface area contributed by atoms with Gasteiger partial charge in [-0.25, -0.2) is 0 Å². The molecule has 0 radical (unpaired) electrons. The summed E-state index contributed by atoms with van der Waals surface area (Å²) in [5.41, 5.74) is 2.06. The van der Waals surface area contributed by atoms with Gasteiger partial charge in [-0.1, -0.05) is 35.3 Å². The zero-order chi connectivity index (χ0) is 19.5. The highest BCUT2D eigenvalue weighted by Gasteiger charge is 2.07. The summed E-state index contributed by atoms with van der Waals surface area (Å²) in [5, 5.41) is 16.3. The normalized spacial score (nSPS) is 10.1. The molecule has 2 aromatic rings. The predicted molar refractivity (Wildman–Crippen MR) is 125 cm³/mol. The molecule has 0 saturated carbocycles. The second kappa shape index (κ2) is 15.9. The minimum atomic E-state index is 0. The predicted octanol–water partition coefficient (Wildman–Crippen LogP) is 4.49. The fraction of sp³-hybridized carbons (Fsp3) is 0.400. The molecular formula is C20H28Cl4N2O3. The van der Waals surface area contributed by atoms with Crippen LogP contribution in [-0.4, -0.2) is 38.5 Å². The molecule has 29 heavy (non-hydrogen) atoms. The Morgan fingerprint density at radius 3 is 2.28 bits per heavy atom. The molecule has 0 heterocycles. The van der Waals surface area contributed by atoms with Crippen LogP contribution < -0.4 is 20.1 Å². The standard InChI is InChI=1S/C20H26Cl2N2O3.2ClH/c1-26-20-12-15(13-24-8-2-7-23-9-10-25)4-6-19(20)27-14-16-3-5-17(21)18(22)11-16;;/h3-6,11-12,23-25H,2,7-10,13-14H2,1H3;2*1H. The molecule has 5 nitrogen and oxygen atoms in total. The quantitative estimate of drug-likeness (QED) is 0.386. The number of hydrogen-bond acceptors (Lipinski definition) is 5. The smallest absolute Gasteiger partial charge is 0.161 e. The molecule has 0 unspecified atom stereocenters. The summed E-state index contributed by atoms with van der Waals surface area (Å²) in [7, 11) is 1.63. The number of aliphatic hydroxyl groups excluding tert-OH is 1. The van der Waals surface area contributed by atoms with Crippen molar-refractivity contribution in [2.45, 2.75) is 19.6 Å². The van der Waals surface area contributed by atoms with E-state index in [0.717, 1.165) is 37.2 Å². The third kappa shape index (κ3) is 10.1. The Morgan fingerprint density at radius 2 is 1.59 bits per heavy atom. The number of halogens is 4. The number of methoxy groups -OCH3 is 1. The van der Waals surface area contributed by atoms with E-state index in [0.29, 0.717) is 34.7 Å². The van der Waals surface area contributed by atoms with E-state index >= 15 is 0 Å². The minimum Gasteiger partial charge on any atom is -0.493 e. The number of rotatable bonds is 12. The van der Waals surface area contributed by atoms with Gasteiger partial charge in [0.15, 0.2) is 11.5 Å². The maximum atomic E-state index is 8.70. The van der Waals surface area contributed by atoms with Crippen LogP contribution >= 0.6 is 48.0 Å². The van der Waals surface area contributed by atoms with E-state index < -0.39 is 0 Å². The molecular weight excluding hydrogens is 458 g/mol. The molecule has 9 heteroatoms. The molecule has 0 aliphatic heterocycles. The van der Waals surface area contributed by atoms with Crippen LogP contribution in [0.3, 0.4) is 0 Å². The maximum absolute atomic E-state index is 8.70. The lowest BCUT2D eigenvalue weighted by Gasteiger charge is -2.13. The third-order valence-electron chi connectivity index (χ3n) is 3.93. The van der Waals surface area contributed by atoms with Crippen LogP contribution in [0.1, 0.15) is 17.5 Å². The highest BCUT2D eigenvalue weighted by Crippen LogP contribution is 2.29. The van der Waals surface area contributed by atoms with Crippen molar-refractivity contribution in [1.29, 1.82) is 0 Å². The molecule has 0 bridgehead atoms. The van der Waals surface area contributed by atoms with Gasteiger partial charge < -0.3 is 25.2 Å². The Labute approximate surface area is 194 Å². The van der Waals surface area contributed by atoms with Crippen LogP contribution in [0.25, 0.3) is 0 Å². The van der Waals surface area contributed by atoms with Crippen LogP contribution in [0.2, 0.25) is 10.0 Å².